The van der Waals surface area contributed by atoms with E-state index >= 15 is 0 Å². The first-order chi connectivity index (χ1) is 6.09. The zero-order valence-corrected chi connectivity index (χ0v) is 9.16. The Morgan fingerprint density at radius 3 is 2.54 bits per heavy atom. The van der Waals surface area contributed by atoms with Crippen LogP contribution in [0.5, 0.6) is 0 Å². The van der Waals surface area contributed by atoms with E-state index in [2.05, 4.69) is 5.32 Å². The van der Waals surface area contributed by atoms with Gasteiger partial charge in [-0.3, -0.25) is 4.79 Å². The first-order valence-electron chi connectivity index (χ1n) is 4.93. The minimum absolute atomic E-state index is 0.0896. The second-order valence-electron chi connectivity index (χ2n) is 4.31. The molecule has 0 aromatic rings. The van der Waals surface area contributed by atoms with Crippen LogP contribution >= 0.6 is 11.6 Å². The number of nitrogens with one attached hydrogen (secondary N) is 1. The molecule has 1 N–H and O–H groups in total. The number of rotatable bonds is 5. The van der Waals surface area contributed by atoms with Crippen LogP contribution in [0, 0.1) is 11.3 Å². The molecule has 1 aliphatic carbocycles. The zero-order chi connectivity index (χ0) is 9.90. The fraction of sp³-hybridized carbons (Fsp3) is 0.900. The molecule has 13 heavy (non-hydrogen) atoms. The van der Waals surface area contributed by atoms with E-state index in [1.54, 1.807) is 0 Å². The van der Waals surface area contributed by atoms with E-state index in [0.717, 1.165) is 13.0 Å². The van der Waals surface area contributed by atoms with Crippen molar-refractivity contribution < 1.29 is 4.79 Å². The highest BCUT2D eigenvalue weighted by Gasteiger charge is 2.41. The lowest BCUT2D eigenvalue weighted by Gasteiger charge is -2.15. The van der Waals surface area contributed by atoms with Gasteiger partial charge in [-0.1, -0.05) is 13.8 Å². The molecule has 0 aromatic carbocycles. The highest BCUT2D eigenvalue weighted by molar-refractivity contribution is 6.17. The normalized spacial score (nSPS) is 18.8. The molecule has 0 radical (unpaired) electrons. The van der Waals surface area contributed by atoms with Crippen LogP contribution in [0.25, 0.3) is 0 Å². The van der Waals surface area contributed by atoms with Gasteiger partial charge in [-0.15, -0.1) is 11.6 Å². The summed E-state index contributed by atoms with van der Waals surface area (Å²) >= 11 is 5.69. The molecule has 1 fully saturated rings. The molecular formula is C10H18ClNO. The Morgan fingerprint density at radius 1 is 1.54 bits per heavy atom. The molecule has 0 spiro atoms. The summed E-state index contributed by atoms with van der Waals surface area (Å²) in [5.74, 6) is 0.949. The predicted molar refractivity (Wildman–Crippen MR) is 54.9 cm³/mol. The van der Waals surface area contributed by atoms with Gasteiger partial charge in [0, 0.05) is 18.3 Å². The van der Waals surface area contributed by atoms with Crippen molar-refractivity contribution >= 4 is 17.5 Å². The van der Waals surface area contributed by atoms with Crippen LogP contribution in [0.4, 0.5) is 0 Å². The highest BCUT2D eigenvalue weighted by atomic mass is 35.5. The first kappa shape index (κ1) is 10.8. The minimum Gasteiger partial charge on any atom is -0.355 e. The number of carbonyl (C=O) groups excluding carboxylic acids is 1. The molecule has 1 amide bonds. The van der Waals surface area contributed by atoms with Gasteiger partial charge in [0.15, 0.2) is 0 Å². The van der Waals surface area contributed by atoms with Gasteiger partial charge in [0.2, 0.25) is 5.91 Å². The number of carbonyl (C=O) groups is 1. The number of amides is 1. The zero-order valence-electron chi connectivity index (χ0n) is 8.40. The molecule has 0 aliphatic heterocycles. The van der Waals surface area contributed by atoms with Gasteiger partial charge in [-0.2, -0.15) is 0 Å². The summed E-state index contributed by atoms with van der Waals surface area (Å²) in [6, 6.07) is 0. The lowest BCUT2D eigenvalue weighted by atomic mass is 10.0. The number of hydrogen-bond acceptors (Lipinski definition) is 1. The van der Waals surface area contributed by atoms with Crippen molar-refractivity contribution in [3.8, 4) is 0 Å². The van der Waals surface area contributed by atoms with Crippen molar-refractivity contribution in [1.29, 1.82) is 0 Å². The smallest absolute Gasteiger partial charge is 0.222 e. The molecule has 3 heteroatoms. The third-order valence-electron chi connectivity index (χ3n) is 2.74. The van der Waals surface area contributed by atoms with E-state index < -0.39 is 0 Å². The van der Waals surface area contributed by atoms with Crippen LogP contribution in [0.1, 0.15) is 33.1 Å². The van der Waals surface area contributed by atoms with Crippen molar-refractivity contribution in [2.45, 2.75) is 33.1 Å². The lowest BCUT2D eigenvalue weighted by Crippen LogP contribution is -2.33. The Labute approximate surface area is 85.0 Å². The van der Waals surface area contributed by atoms with Crippen LogP contribution in [0.3, 0.4) is 0 Å². The summed E-state index contributed by atoms with van der Waals surface area (Å²) in [5, 5.41) is 2.97. The maximum absolute atomic E-state index is 11.3. The van der Waals surface area contributed by atoms with Crippen LogP contribution in [0.2, 0.25) is 0 Å². The van der Waals surface area contributed by atoms with E-state index in [4.69, 9.17) is 11.6 Å². The summed E-state index contributed by atoms with van der Waals surface area (Å²) < 4.78 is 0. The Balaban J connectivity index is 2.22. The number of hydrogen-bond donors (Lipinski definition) is 1. The Bertz CT molecular complexity index is 187. The highest BCUT2D eigenvalue weighted by Crippen LogP contribution is 2.48. The molecule has 1 aliphatic rings. The van der Waals surface area contributed by atoms with E-state index in [1.807, 2.05) is 13.8 Å². The molecular weight excluding hydrogens is 186 g/mol. The minimum atomic E-state index is 0.0896. The third-order valence-corrected chi connectivity index (χ3v) is 2.93. The summed E-state index contributed by atoms with van der Waals surface area (Å²) in [6.45, 7) is 4.64. The van der Waals surface area contributed by atoms with Crippen LogP contribution < -0.4 is 5.32 Å². The second-order valence-corrected chi connectivity index (χ2v) is 4.69. The van der Waals surface area contributed by atoms with Gasteiger partial charge in [0.25, 0.3) is 0 Å². The van der Waals surface area contributed by atoms with Crippen LogP contribution in [0.15, 0.2) is 0 Å². The van der Waals surface area contributed by atoms with Gasteiger partial charge >= 0.3 is 0 Å². The summed E-state index contributed by atoms with van der Waals surface area (Å²) in [6.07, 6.45) is 3.48. The maximum Gasteiger partial charge on any atom is 0.222 e. The van der Waals surface area contributed by atoms with Gasteiger partial charge in [0.1, 0.15) is 0 Å². The third kappa shape index (κ3) is 3.18. The number of halogens is 1. The van der Waals surface area contributed by atoms with Crippen molar-refractivity contribution in [3.63, 3.8) is 0 Å². The standard InChI is InChI=1S/C10H18ClNO/c1-8(2)9(13)12-7-10(3-4-10)5-6-11/h8H,3-7H2,1-2H3,(H,12,13). The fourth-order valence-corrected chi connectivity index (χ4v) is 1.77. The molecule has 2 nitrogen and oxygen atoms in total. The molecule has 0 saturated heterocycles. The topological polar surface area (TPSA) is 29.1 Å². The largest absolute Gasteiger partial charge is 0.355 e. The molecule has 1 rings (SSSR count). The van der Waals surface area contributed by atoms with E-state index in [0.29, 0.717) is 11.3 Å². The number of alkyl halides is 1. The first-order valence-corrected chi connectivity index (χ1v) is 5.47. The summed E-state index contributed by atoms with van der Waals surface area (Å²) in [5.41, 5.74) is 0.353. The van der Waals surface area contributed by atoms with Crippen molar-refractivity contribution in [2.24, 2.45) is 11.3 Å². The lowest BCUT2D eigenvalue weighted by molar-refractivity contribution is -0.124. The van der Waals surface area contributed by atoms with Crippen LogP contribution in [-0.4, -0.2) is 18.3 Å². The summed E-state index contributed by atoms with van der Waals surface area (Å²) in [4.78, 5) is 11.3. The Kier molecular flexibility index (Phi) is 3.60. The van der Waals surface area contributed by atoms with Crippen molar-refractivity contribution in [3.05, 3.63) is 0 Å². The Hall–Kier alpha value is -0.240. The van der Waals surface area contributed by atoms with Crippen LogP contribution in [-0.2, 0) is 4.79 Å². The molecule has 0 bridgehead atoms. The molecule has 76 valence electrons. The Morgan fingerprint density at radius 2 is 2.15 bits per heavy atom. The quantitative estimate of drug-likeness (QED) is 0.682. The summed E-state index contributed by atoms with van der Waals surface area (Å²) in [7, 11) is 0. The predicted octanol–water partition coefficient (Wildman–Crippen LogP) is 2.17. The van der Waals surface area contributed by atoms with Gasteiger partial charge in [-0.25, -0.2) is 0 Å². The monoisotopic (exact) mass is 203 g/mol. The average molecular weight is 204 g/mol. The maximum atomic E-state index is 11.3. The van der Waals surface area contributed by atoms with E-state index in [1.165, 1.54) is 12.8 Å². The van der Waals surface area contributed by atoms with Crippen molar-refractivity contribution in [1.82, 2.24) is 5.32 Å². The molecule has 1 saturated carbocycles. The molecule has 0 unspecified atom stereocenters. The van der Waals surface area contributed by atoms with Gasteiger partial charge < -0.3 is 5.32 Å². The second kappa shape index (κ2) is 4.32. The fourth-order valence-electron chi connectivity index (χ4n) is 1.37. The van der Waals surface area contributed by atoms with E-state index in [-0.39, 0.29) is 11.8 Å². The molecule has 0 aromatic heterocycles. The van der Waals surface area contributed by atoms with Gasteiger partial charge in [-0.05, 0) is 24.7 Å². The van der Waals surface area contributed by atoms with Crippen molar-refractivity contribution in [2.75, 3.05) is 12.4 Å². The van der Waals surface area contributed by atoms with E-state index in [9.17, 15) is 4.79 Å². The average Bonchev–Trinajstić information content (AvgIpc) is 2.82. The molecule has 0 heterocycles. The molecule has 0 atom stereocenters. The van der Waals surface area contributed by atoms with Gasteiger partial charge in [0.05, 0.1) is 0 Å². The SMILES string of the molecule is CC(C)C(=O)NCC1(CCCl)CC1.